The minimum atomic E-state index is -0.189. The van der Waals surface area contributed by atoms with E-state index in [0.29, 0.717) is 15.7 Å². The van der Waals surface area contributed by atoms with Gasteiger partial charge in [-0.3, -0.25) is 11.3 Å². The Balaban J connectivity index is 2.96. The van der Waals surface area contributed by atoms with Crippen LogP contribution in [-0.2, 0) is 6.54 Å². The second kappa shape index (κ2) is 3.99. The molecule has 0 amide bonds. The lowest BCUT2D eigenvalue weighted by Crippen LogP contribution is -2.21. The molecule has 2 nitrogen and oxygen atoms in total. The Morgan fingerprint density at radius 2 is 2.27 bits per heavy atom. The van der Waals surface area contributed by atoms with Crippen LogP contribution in [0.1, 0.15) is 5.56 Å². The molecular weight excluding hydrogens is 258 g/mol. The SMILES string of the molecule is NNCc1cccc(I)c1F. The molecule has 0 aliphatic carbocycles. The van der Waals surface area contributed by atoms with Gasteiger partial charge in [0, 0.05) is 15.7 Å². The Hall–Kier alpha value is -0.200. The molecule has 0 fully saturated rings. The second-order valence-corrected chi connectivity index (χ2v) is 3.26. The van der Waals surface area contributed by atoms with E-state index in [9.17, 15) is 4.39 Å². The van der Waals surface area contributed by atoms with Crippen LogP contribution >= 0.6 is 22.6 Å². The van der Waals surface area contributed by atoms with Gasteiger partial charge in [-0.25, -0.2) is 4.39 Å². The van der Waals surface area contributed by atoms with E-state index in [0.717, 1.165) is 0 Å². The van der Waals surface area contributed by atoms with Crippen molar-refractivity contribution >= 4 is 22.6 Å². The van der Waals surface area contributed by atoms with Gasteiger partial charge < -0.3 is 0 Å². The van der Waals surface area contributed by atoms with E-state index in [1.54, 1.807) is 18.2 Å². The minimum absolute atomic E-state index is 0.189. The molecule has 0 unspecified atom stereocenters. The van der Waals surface area contributed by atoms with E-state index >= 15 is 0 Å². The van der Waals surface area contributed by atoms with Gasteiger partial charge in [-0.15, -0.1) is 0 Å². The molecule has 4 heteroatoms. The minimum Gasteiger partial charge on any atom is -0.271 e. The molecule has 0 aliphatic heterocycles. The summed E-state index contributed by atoms with van der Waals surface area (Å²) in [7, 11) is 0. The smallest absolute Gasteiger partial charge is 0.141 e. The highest BCUT2D eigenvalue weighted by Gasteiger charge is 2.03. The van der Waals surface area contributed by atoms with Crippen molar-refractivity contribution in [3.8, 4) is 0 Å². The van der Waals surface area contributed by atoms with Crippen molar-refractivity contribution in [2.45, 2.75) is 6.54 Å². The van der Waals surface area contributed by atoms with Gasteiger partial charge >= 0.3 is 0 Å². The normalized spacial score (nSPS) is 10.1. The van der Waals surface area contributed by atoms with E-state index in [4.69, 9.17) is 5.84 Å². The Labute approximate surface area is 78.1 Å². The summed E-state index contributed by atoms with van der Waals surface area (Å²) >= 11 is 1.95. The third-order valence-corrected chi connectivity index (χ3v) is 2.16. The molecule has 0 saturated carbocycles. The zero-order valence-corrected chi connectivity index (χ0v) is 7.93. The number of nitrogens with two attached hydrogens (primary N) is 1. The van der Waals surface area contributed by atoms with Crippen LogP contribution in [0.4, 0.5) is 4.39 Å². The van der Waals surface area contributed by atoms with Crippen LogP contribution in [-0.4, -0.2) is 0 Å². The molecule has 0 spiro atoms. The number of halogens is 2. The van der Waals surface area contributed by atoms with Gasteiger partial charge in [0.25, 0.3) is 0 Å². The van der Waals surface area contributed by atoms with Crippen molar-refractivity contribution in [1.29, 1.82) is 0 Å². The second-order valence-electron chi connectivity index (χ2n) is 2.09. The van der Waals surface area contributed by atoms with Crippen LogP contribution in [0, 0.1) is 9.39 Å². The summed E-state index contributed by atoms with van der Waals surface area (Å²) in [5, 5.41) is 0. The average molecular weight is 266 g/mol. The van der Waals surface area contributed by atoms with Gasteiger partial charge in [0.05, 0.1) is 0 Å². The molecule has 0 saturated heterocycles. The predicted molar refractivity (Wildman–Crippen MR) is 50.1 cm³/mol. The van der Waals surface area contributed by atoms with Crippen LogP contribution in [0.5, 0.6) is 0 Å². The van der Waals surface area contributed by atoms with Crippen LogP contribution in [0.25, 0.3) is 0 Å². The van der Waals surface area contributed by atoms with Crippen molar-refractivity contribution in [2.24, 2.45) is 5.84 Å². The molecule has 0 atom stereocenters. The standard InChI is InChI=1S/C7H8FIN2/c8-7-5(4-11-10)2-1-3-6(7)9/h1-3,11H,4,10H2. The quantitative estimate of drug-likeness (QED) is 0.482. The topological polar surface area (TPSA) is 38.0 Å². The molecule has 0 bridgehead atoms. The summed E-state index contributed by atoms with van der Waals surface area (Å²) in [5.74, 6) is 4.87. The first-order valence-electron chi connectivity index (χ1n) is 3.12. The molecule has 0 aliphatic rings. The van der Waals surface area contributed by atoms with E-state index in [1.165, 1.54) is 0 Å². The summed E-state index contributed by atoms with van der Waals surface area (Å²) in [5.41, 5.74) is 3.01. The first-order valence-corrected chi connectivity index (χ1v) is 4.20. The number of nitrogens with one attached hydrogen (secondary N) is 1. The third-order valence-electron chi connectivity index (χ3n) is 1.32. The molecule has 3 N–H and O–H groups in total. The maximum Gasteiger partial charge on any atom is 0.141 e. The third kappa shape index (κ3) is 2.11. The Morgan fingerprint density at radius 1 is 1.55 bits per heavy atom. The molecule has 60 valence electrons. The lowest BCUT2D eigenvalue weighted by atomic mass is 10.2. The van der Waals surface area contributed by atoms with E-state index in [1.807, 2.05) is 22.6 Å². The van der Waals surface area contributed by atoms with Gasteiger partial charge in [0.2, 0.25) is 0 Å². The average Bonchev–Trinajstić information content (AvgIpc) is 1.99. The molecule has 1 aromatic carbocycles. The predicted octanol–water partition coefficient (Wildman–Crippen LogP) is 1.39. The fourth-order valence-electron chi connectivity index (χ4n) is 0.795. The van der Waals surface area contributed by atoms with E-state index in [-0.39, 0.29) is 5.82 Å². The van der Waals surface area contributed by atoms with Crippen LogP contribution in [0.15, 0.2) is 18.2 Å². The first kappa shape index (κ1) is 8.89. The monoisotopic (exact) mass is 266 g/mol. The van der Waals surface area contributed by atoms with Gasteiger partial charge in [-0.1, -0.05) is 12.1 Å². The number of benzene rings is 1. The zero-order valence-electron chi connectivity index (χ0n) is 5.77. The summed E-state index contributed by atoms with van der Waals surface area (Å²) in [6.07, 6.45) is 0. The first-order chi connectivity index (χ1) is 5.25. The lowest BCUT2D eigenvalue weighted by Gasteiger charge is -2.02. The van der Waals surface area contributed by atoms with Crippen molar-refractivity contribution in [3.05, 3.63) is 33.1 Å². The lowest BCUT2D eigenvalue weighted by molar-refractivity contribution is 0.587. The van der Waals surface area contributed by atoms with Gasteiger partial charge in [0.1, 0.15) is 5.82 Å². The van der Waals surface area contributed by atoms with Crippen molar-refractivity contribution in [2.75, 3.05) is 0 Å². The molecular formula is C7H8FIN2. The number of hydrazine groups is 1. The highest BCUT2D eigenvalue weighted by Crippen LogP contribution is 2.14. The van der Waals surface area contributed by atoms with Gasteiger partial charge in [-0.05, 0) is 28.7 Å². The molecule has 0 heterocycles. The molecule has 1 rings (SSSR count). The largest absolute Gasteiger partial charge is 0.271 e. The van der Waals surface area contributed by atoms with E-state index < -0.39 is 0 Å². The van der Waals surface area contributed by atoms with Gasteiger partial charge in [-0.2, -0.15) is 0 Å². The molecule has 0 radical (unpaired) electrons. The van der Waals surface area contributed by atoms with Crippen molar-refractivity contribution in [1.82, 2.24) is 5.43 Å². The Kier molecular flexibility index (Phi) is 3.22. The highest BCUT2D eigenvalue weighted by atomic mass is 127. The summed E-state index contributed by atoms with van der Waals surface area (Å²) in [6.45, 7) is 0.364. The maximum atomic E-state index is 13.1. The summed E-state index contributed by atoms with van der Waals surface area (Å²) in [6, 6.07) is 5.23. The molecule has 1 aromatic rings. The fraction of sp³-hybridized carbons (Fsp3) is 0.143. The summed E-state index contributed by atoms with van der Waals surface area (Å²) < 4.78 is 13.7. The number of hydrogen-bond acceptors (Lipinski definition) is 2. The highest BCUT2D eigenvalue weighted by molar-refractivity contribution is 14.1. The van der Waals surface area contributed by atoms with Gasteiger partial charge in [0.15, 0.2) is 0 Å². The number of rotatable bonds is 2. The molecule has 11 heavy (non-hydrogen) atoms. The van der Waals surface area contributed by atoms with E-state index in [2.05, 4.69) is 5.43 Å². The fourth-order valence-corrected chi connectivity index (χ4v) is 1.35. The van der Waals surface area contributed by atoms with Crippen LogP contribution in [0.3, 0.4) is 0 Å². The van der Waals surface area contributed by atoms with Crippen molar-refractivity contribution < 1.29 is 4.39 Å². The maximum absolute atomic E-state index is 13.1. The van der Waals surface area contributed by atoms with Crippen molar-refractivity contribution in [3.63, 3.8) is 0 Å². The Bertz CT molecular complexity index is 252. The Morgan fingerprint density at radius 3 is 2.91 bits per heavy atom. The number of hydrogen-bond donors (Lipinski definition) is 2. The van der Waals surface area contributed by atoms with Crippen LogP contribution in [0.2, 0.25) is 0 Å². The molecule has 0 aromatic heterocycles. The zero-order chi connectivity index (χ0) is 8.27. The van der Waals surface area contributed by atoms with Crippen LogP contribution < -0.4 is 11.3 Å². The summed E-state index contributed by atoms with van der Waals surface area (Å²) in [4.78, 5) is 0.